The molecule has 1 aromatic rings. The van der Waals surface area contributed by atoms with Crippen molar-refractivity contribution in [3.63, 3.8) is 0 Å². The smallest absolute Gasteiger partial charge is 0.110 e. The molecule has 2 N–H and O–H groups in total. The second-order valence-electron chi connectivity index (χ2n) is 2.32. The van der Waals surface area contributed by atoms with Crippen LogP contribution in [0.15, 0.2) is 6.20 Å². The average Bonchev–Trinajstić information content (AvgIpc) is 2.34. The molecule has 0 bridgehead atoms. The van der Waals surface area contributed by atoms with Crippen LogP contribution in [0.2, 0.25) is 0 Å². The molecule has 0 saturated carbocycles. The maximum atomic E-state index is 5.76. The van der Waals surface area contributed by atoms with Crippen LogP contribution < -0.4 is 5.73 Å². The molecule has 1 atom stereocenters. The van der Waals surface area contributed by atoms with Crippen molar-refractivity contribution in [1.82, 2.24) is 4.98 Å². The summed E-state index contributed by atoms with van der Waals surface area (Å²) in [6.07, 6.45) is 2.84. The van der Waals surface area contributed by atoms with Crippen LogP contribution in [0, 0.1) is 6.92 Å². The predicted molar refractivity (Wildman–Crippen MR) is 44.1 cm³/mol. The Bertz CT molecular complexity index is 207. The Morgan fingerprint density at radius 2 is 2.50 bits per heavy atom. The number of nitrogens with two attached hydrogens (primary N) is 1. The summed E-state index contributed by atoms with van der Waals surface area (Å²) in [5.41, 5.74) is 5.76. The molecule has 1 heterocycles. The summed E-state index contributed by atoms with van der Waals surface area (Å²) in [5, 5.41) is 1.06. The zero-order chi connectivity index (χ0) is 7.56. The van der Waals surface area contributed by atoms with Gasteiger partial charge in [0.2, 0.25) is 0 Å². The minimum Gasteiger partial charge on any atom is -0.322 e. The number of aryl methyl sites for hydroxylation is 1. The summed E-state index contributed by atoms with van der Waals surface area (Å²) in [4.78, 5) is 5.42. The minimum atomic E-state index is 0.138. The van der Waals surface area contributed by atoms with Gasteiger partial charge in [0.15, 0.2) is 0 Å². The van der Waals surface area contributed by atoms with Crippen molar-refractivity contribution in [1.29, 1.82) is 0 Å². The van der Waals surface area contributed by atoms with Crippen LogP contribution in [0.3, 0.4) is 0 Å². The third-order valence-electron chi connectivity index (χ3n) is 1.40. The molecule has 0 aliphatic carbocycles. The SMILES string of the molecule is CC[C@H](N)c1ncc(C)s1. The first kappa shape index (κ1) is 7.69. The fourth-order valence-electron chi connectivity index (χ4n) is 0.718. The molecule has 0 fully saturated rings. The molecule has 0 spiro atoms. The standard InChI is InChI=1S/C7H12N2S/c1-3-6(8)7-9-4-5(2)10-7/h4,6H,3,8H2,1-2H3/t6-/m0/s1. The second kappa shape index (κ2) is 3.12. The topological polar surface area (TPSA) is 38.9 Å². The van der Waals surface area contributed by atoms with Crippen LogP contribution in [0.4, 0.5) is 0 Å². The van der Waals surface area contributed by atoms with Crippen molar-refractivity contribution in [2.45, 2.75) is 26.3 Å². The van der Waals surface area contributed by atoms with E-state index in [1.807, 2.05) is 13.1 Å². The Kier molecular flexibility index (Phi) is 2.40. The molecule has 56 valence electrons. The third kappa shape index (κ3) is 1.55. The largest absolute Gasteiger partial charge is 0.322 e. The molecule has 10 heavy (non-hydrogen) atoms. The van der Waals surface area contributed by atoms with Gasteiger partial charge in [-0.25, -0.2) is 4.98 Å². The van der Waals surface area contributed by atoms with Gasteiger partial charge < -0.3 is 5.73 Å². The van der Waals surface area contributed by atoms with Crippen molar-refractivity contribution in [3.05, 3.63) is 16.1 Å². The van der Waals surface area contributed by atoms with E-state index in [9.17, 15) is 0 Å². The van der Waals surface area contributed by atoms with Crippen LogP contribution in [-0.4, -0.2) is 4.98 Å². The minimum absolute atomic E-state index is 0.138. The van der Waals surface area contributed by atoms with Crippen molar-refractivity contribution >= 4 is 11.3 Å². The van der Waals surface area contributed by atoms with Crippen LogP contribution in [0.1, 0.15) is 29.3 Å². The number of hydrogen-bond donors (Lipinski definition) is 1. The Hall–Kier alpha value is -0.410. The normalized spacial score (nSPS) is 13.5. The van der Waals surface area contributed by atoms with E-state index in [1.54, 1.807) is 11.3 Å². The predicted octanol–water partition coefficient (Wildman–Crippen LogP) is 1.86. The first-order valence-electron chi connectivity index (χ1n) is 3.42. The molecule has 0 aliphatic rings. The highest BCUT2D eigenvalue weighted by molar-refractivity contribution is 7.11. The lowest BCUT2D eigenvalue weighted by atomic mass is 10.3. The van der Waals surface area contributed by atoms with E-state index in [-0.39, 0.29) is 6.04 Å². The highest BCUT2D eigenvalue weighted by atomic mass is 32.1. The molecule has 1 rings (SSSR count). The Morgan fingerprint density at radius 3 is 2.90 bits per heavy atom. The zero-order valence-corrected chi connectivity index (χ0v) is 7.11. The highest BCUT2D eigenvalue weighted by Crippen LogP contribution is 2.19. The molecule has 0 unspecified atom stereocenters. The van der Waals surface area contributed by atoms with Gasteiger partial charge in [-0.1, -0.05) is 6.92 Å². The van der Waals surface area contributed by atoms with E-state index in [0.717, 1.165) is 11.4 Å². The fourth-order valence-corrected chi connectivity index (χ4v) is 1.58. The number of thiazole rings is 1. The maximum absolute atomic E-state index is 5.76. The van der Waals surface area contributed by atoms with Gasteiger partial charge in [-0.05, 0) is 13.3 Å². The molecule has 3 heteroatoms. The van der Waals surface area contributed by atoms with Crippen molar-refractivity contribution in [2.24, 2.45) is 5.73 Å². The molecule has 0 amide bonds. The van der Waals surface area contributed by atoms with Gasteiger partial charge in [-0.3, -0.25) is 0 Å². The summed E-state index contributed by atoms with van der Waals surface area (Å²) in [7, 11) is 0. The van der Waals surface area contributed by atoms with Gasteiger partial charge in [-0.15, -0.1) is 11.3 Å². The third-order valence-corrected chi connectivity index (χ3v) is 2.44. The van der Waals surface area contributed by atoms with Crippen molar-refractivity contribution < 1.29 is 0 Å². The van der Waals surface area contributed by atoms with Gasteiger partial charge >= 0.3 is 0 Å². The summed E-state index contributed by atoms with van der Waals surface area (Å²) in [6, 6.07) is 0.138. The molecule has 0 saturated heterocycles. The molecule has 2 nitrogen and oxygen atoms in total. The molecular weight excluding hydrogens is 144 g/mol. The van der Waals surface area contributed by atoms with Gasteiger partial charge in [0, 0.05) is 11.1 Å². The van der Waals surface area contributed by atoms with E-state index in [2.05, 4.69) is 11.9 Å². The Labute approximate surface area is 65.1 Å². The van der Waals surface area contributed by atoms with Gasteiger partial charge in [-0.2, -0.15) is 0 Å². The first-order chi connectivity index (χ1) is 4.74. The quantitative estimate of drug-likeness (QED) is 0.709. The molecule has 1 aromatic heterocycles. The van der Waals surface area contributed by atoms with E-state index in [4.69, 9.17) is 5.73 Å². The summed E-state index contributed by atoms with van der Waals surface area (Å²) >= 11 is 1.68. The second-order valence-corrected chi connectivity index (χ2v) is 3.59. The lowest BCUT2D eigenvalue weighted by Gasteiger charge is -2.01. The lowest BCUT2D eigenvalue weighted by Crippen LogP contribution is -2.07. The first-order valence-corrected chi connectivity index (χ1v) is 4.23. The number of hydrogen-bond acceptors (Lipinski definition) is 3. The Balaban J connectivity index is 2.74. The molecule has 0 radical (unpaired) electrons. The lowest BCUT2D eigenvalue weighted by molar-refractivity contribution is 0.692. The van der Waals surface area contributed by atoms with Crippen molar-refractivity contribution in [2.75, 3.05) is 0 Å². The fraction of sp³-hybridized carbons (Fsp3) is 0.571. The van der Waals surface area contributed by atoms with Gasteiger partial charge in [0.05, 0.1) is 6.04 Å². The number of nitrogens with zero attached hydrogens (tertiary/aromatic N) is 1. The van der Waals surface area contributed by atoms with E-state index in [1.165, 1.54) is 4.88 Å². The number of rotatable bonds is 2. The van der Waals surface area contributed by atoms with E-state index < -0.39 is 0 Å². The molecular formula is C7H12N2S. The van der Waals surface area contributed by atoms with Crippen LogP contribution >= 0.6 is 11.3 Å². The van der Waals surface area contributed by atoms with Crippen molar-refractivity contribution in [3.8, 4) is 0 Å². The van der Waals surface area contributed by atoms with E-state index in [0.29, 0.717) is 0 Å². The van der Waals surface area contributed by atoms with Crippen LogP contribution in [-0.2, 0) is 0 Å². The highest BCUT2D eigenvalue weighted by Gasteiger charge is 2.05. The average molecular weight is 156 g/mol. The van der Waals surface area contributed by atoms with Crippen LogP contribution in [0.5, 0.6) is 0 Å². The van der Waals surface area contributed by atoms with Gasteiger partial charge in [0.25, 0.3) is 0 Å². The summed E-state index contributed by atoms with van der Waals surface area (Å²) in [5.74, 6) is 0. The number of aromatic nitrogens is 1. The van der Waals surface area contributed by atoms with E-state index >= 15 is 0 Å². The summed E-state index contributed by atoms with van der Waals surface area (Å²) < 4.78 is 0. The van der Waals surface area contributed by atoms with Gasteiger partial charge in [0.1, 0.15) is 5.01 Å². The summed E-state index contributed by atoms with van der Waals surface area (Å²) in [6.45, 7) is 4.12. The zero-order valence-electron chi connectivity index (χ0n) is 6.29. The monoisotopic (exact) mass is 156 g/mol. The molecule has 0 aliphatic heterocycles. The molecule has 0 aromatic carbocycles. The Morgan fingerprint density at radius 1 is 1.80 bits per heavy atom. The maximum Gasteiger partial charge on any atom is 0.110 e. The van der Waals surface area contributed by atoms with Crippen LogP contribution in [0.25, 0.3) is 0 Å².